The summed E-state index contributed by atoms with van der Waals surface area (Å²) < 4.78 is 32.2. The molecule has 3 nitrogen and oxygen atoms in total. The number of hydrogen-bond donors (Lipinski definition) is 1. The summed E-state index contributed by atoms with van der Waals surface area (Å²) in [6.45, 7) is 0. The number of methoxy groups -OCH3 is 1. The number of nitrogens with two attached hydrogens (primary N) is 1. The van der Waals surface area contributed by atoms with Crippen molar-refractivity contribution in [3.8, 4) is 5.75 Å². The summed E-state index contributed by atoms with van der Waals surface area (Å²) in [6, 6.07) is 4.32. The van der Waals surface area contributed by atoms with Gasteiger partial charge >= 0.3 is 0 Å². The van der Waals surface area contributed by atoms with Crippen LogP contribution in [0.3, 0.4) is 0 Å². The first-order valence-corrected chi connectivity index (χ1v) is 5.32. The van der Waals surface area contributed by atoms with Crippen molar-refractivity contribution in [2.45, 2.75) is 6.04 Å². The molecule has 1 unspecified atom stereocenters. The van der Waals surface area contributed by atoms with Gasteiger partial charge in [0.25, 0.3) is 0 Å². The highest BCUT2D eigenvalue weighted by Gasteiger charge is 2.18. The molecular weight excluding hydrogens is 238 g/mol. The van der Waals surface area contributed by atoms with Gasteiger partial charge in [-0.3, -0.25) is 4.98 Å². The maximum atomic E-state index is 13.6. The highest BCUT2D eigenvalue weighted by molar-refractivity contribution is 5.35. The molecule has 94 valence electrons. The number of halogens is 2. The molecule has 1 heterocycles. The summed E-state index contributed by atoms with van der Waals surface area (Å²) in [5.41, 5.74) is 6.18. The normalized spacial score (nSPS) is 12.2. The quantitative estimate of drug-likeness (QED) is 0.910. The van der Waals surface area contributed by atoms with E-state index in [1.165, 1.54) is 37.7 Å². The van der Waals surface area contributed by atoms with Crippen LogP contribution in [0, 0.1) is 11.6 Å². The molecule has 1 atom stereocenters. The van der Waals surface area contributed by atoms with E-state index in [2.05, 4.69) is 4.98 Å². The monoisotopic (exact) mass is 250 g/mol. The maximum absolute atomic E-state index is 13.6. The smallest absolute Gasteiger partial charge is 0.137 e. The predicted octanol–water partition coefficient (Wildman–Crippen LogP) is 2.42. The van der Waals surface area contributed by atoms with Gasteiger partial charge in [-0.15, -0.1) is 0 Å². The fourth-order valence-corrected chi connectivity index (χ4v) is 1.69. The number of pyridine rings is 1. The minimum absolute atomic E-state index is 0.174. The zero-order valence-corrected chi connectivity index (χ0v) is 9.73. The van der Waals surface area contributed by atoms with Crippen LogP contribution >= 0.6 is 0 Å². The molecule has 2 N–H and O–H groups in total. The first-order valence-electron chi connectivity index (χ1n) is 5.32. The lowest BCUT2D eigenvalue weighted by Crippen LogP contribution is -2.16. The zero-order chi connectivity index (χ0) is 13.1. The number of benzene rings is 1. The van der Waals surface area contributed by atoms with Crippen molar-refractivity contribution in [1.29, 1.82) is 0 Å². The third-order valence-electron chi connectivity index (χ3n) is 2.64. The lowest BCUT2D eigenvalue weighted by molar-refractivity contribution is 0.412. The highest BCUT2D eigenvalue weighted by Crippen LogP contribution is 2.26. The van der Waals surface area contributed by atoms with E-state index in [0.29, 0.717) is 11.3 Å². The van der Waals surface area contributed by atoms with Crippen molar-refractivity contribution in [3.05, 3.63) is 59.4 Å². The number of aromatic nitrogens is 1. The Morgan fingerprint density at radius 2 is 1.89 bits per heavy atom. The van der Waals surface area contributed by atoms with Gasteiger partial charge in [0.15, 0.2) is 0 Å². The Morgan fingerprint density at radius 1 is 1.22 bits per heavy atom. The van der Waals surface area contributed by atoms with Gasteiger partial charge in [-0.05, 0) is 23.8 Å². The molecule has 0 saturated heterocycles. The third-order valence-corrected chi connectivity index (χ3v) is 2.64. The first kappa shape index (κ1) is 12.4. The van der Waals surface area contributed by atoms with Crippen molar-refractivity contribution in [2.24, 2.45) is 5.73 Å². The molecule has 1 aromatic heterocycles. The van der Waals surface area contributed by atoms with Crippen LogP contribution < -0.4 is 10.5 Å². The van der Waals surface area contributed by atoms with Crippen molar-refractivity contribution >= 4 is 0 Å². The summed E-state index contributed by atoms with van der Waals surface area (Å²) in [6.07, 6.45) is 2.95. The Balaban J connectivity index is 2.44. The zero-order valence-electron chi connectivity index (χ0n) is 9.73. The minimum Gasteiger partial charge on any atom is -0.495 e. The first-order chi connectivity index (χ1) is 8.63. The molecule has 0 saturated carbocycles. The SMILES string of the molecule is COc1cncc(C(N)c2c(F)cccc2F)c1. The van der Waals surface area contributed by atoms with Crippen LogP contribution in [0.1, 0.15) is 17.2 Å². The fraction of sp³-hybridized carbons (Fsp3) is 0.154. The van der Waals surface area contributed by atoms with E-state index in [0.717, 1.165) is 0 Å². The molecule has 0 aliphatic rings. The van der Waals surface area contributed by atoms with Gasteiger partial charge in [0.05, 0.1) is 19.3 Å². The van der Waals surface area contributed by atoms with Crippen molar-refractivity contribution in [1.82, 2.24) is 4.98 Å². The minimum atomic E-state index is -0.922. The van der Waals surface area contributed by atoms with Crippen LogP contribution in [0.2, 0.25) is 0 Å². The van der Waals surface area contributed by atoms with E-state index in [1.54, 1.807) is 6.07 Å². The highest BCUT2D eigenvalue weighted by atomic mass is 19.1. The molecule has 0 aliphatic heterocycles. The molecule has 18 heavy (non-hydrogen) atoms. The average Bonchev–Trinajstić information content (AvgIpc) is 2.38. The summed E-state index contributed by atoms with van der Waals surface area (Å²) in [7, 11) is 1.48. The van der Waals surface area contributed by atoms with Crippen molar-refractivity contribution in [2.75, 3.05) is 7.11 Å². The lowest BCUT2D eigenvalue weighted by atomic mass is 10.00. The number of rotatable bonds is 3. The van der Waals surface area contributed by atoms with Gasteiger partial charge in [0.1, 0.15) is 17.4 Å². The van der Waals surface area contributed by atoms with Crippen LogP contribution in [0.5, 0.6) is 5.75 Å². The van der Waals surface area contributed by atoms with Gasteiger partial charge in [-0.1, -0.05) is 6.07 Å². The molecule has 0 spiro atoms. The second-order valence-corrected chi connectivity index (χ2v) is 3.77. The Hall–Kier alpha value is -2.01. The van der Waals surface area contributed by atoms with E-state index in [-0.39, 0.29) is 5.56 Å². The molecule has 2 aromatic rings. The van der Waals surface area contributed by atoms with Gasteiger partial charge in [0, 0.05) is 11.8 Å². The second kappa shape index (κ2) is 5.10. The summed E-state index contributed by atoms with van der Waals surface area (Å²) in [5.74, 6) is -0.865. The van der Waals surface area contributed by atoms with E-state index in [9.17, 15) is 8.78 Å². The van der Waals surface area contributed by atoms with E-state index < -0.39 is 17.7 Å². The average molecular weight is 250 g/mol. The maximum Gasteiger partial charge on any atom is 0.137 e. The summed E-state index contributed by atoms with van der Waals surface area (Å²) >= 11 is 0. The molecule has 2 rings (SSSR count). The van der Waals surface area contributed by atoms with Crippen molar-refractivity contribution in [3.63, 3.8) is 0 Å². The van der Waals surface area contributed by atoms with E-state index in [1.807, 2.05) is 0 Å². The Kier molecular flexibility index (Phi) is 3.53. The second-order valence-electron chi connectivity index (χ2n) is 3.77. The number of nitrogens with zero attached hydrogens (tertiary/aromatic N) is 1. The van der Waals surface area contributed by atoms with Gasteiger partial charge < -0.3 is 10.5 Å². The summed E-state index contributed by atoms with van der Waals surface area (Å²) in [4.78, 5) is 3.91. The molecule has 1 aromatic carbocycles. The van der Waals surface area contributed by atoms with Crippen LogP contribution in [0.15, 0.2) is 36.7 Å². The van der Waals surface area contributed by atoms with Crippen molar-refractivity contribution < 1.29 is 13.5 Å². The Labute approximate surface area is 103 Å². The van der Waals surface area contributed by atoms with Gasteiger partial charge in [0.2, 0.25) is 0 Å². The third kappa shape index (κ3) is 2.31. The number of ether oxygens (including phenoxy) is 1. The van der Waals surface area contributed by atoms with Gasteiger partial charge in [-0.2, -0.15) is 0 Å². The molecule has 5 heteroatoms. The van der Waals surface area contributed by atoms with Crippen LogP contribution in [0.4, 0.5) is 8.78 Å². The molecule has 0 radical (unpaired) electrons. The molecular formula is C13H12F2N2O. The van der Waals surface area contributed by atoms with Crippen LogP contribution in [-0.4, -0.2) is 12.1 Å². The lowest BCUT2D eigenvalue weighted by Gasteiger charge is -2.14. The van der Waals surface area contributed by atoms with Gasteiger partial charge in [-0.25, -0.2) is 8.78 Å². The topological polar surface area (TPSA) is 48.1 Å². The van der Waals surface area contributed by atoms with E-state index >= 15 is 0 Å². The largest absolute Gasteiger partial charge is 0.495 e. The molecule has 0 aliphatic carbocycles. The van der Waals surface area contributed by atoms with Crippen LogP contribution in [-0.2, 0) is 0 Å². The van der Waals surface area contributed by atoms with E-state index in [4.69, 9.17) is 10.5 Å². The van der Waals surface area contributed by atoms with Crippen LogP contribution in [0.25, 0.3) is 0 Å². The molecule has 0 fully saturated rings. The Bertz CT molecular complexity index is 540. The summed E-state index contributed by atoms with van der Waals surface area (Å²) in [5, 5.41) is 0. The molecule has 0 amide bonds. The fourth-order valence-electron chi connectivity index (χ4n) is 1.69. The number of hydrogen-bond acceptors (Lipinski definition) is 3. The standard InChI is InChI=1S/C13H12F2N2O/c1-18-9-5-8(6-17-7-9)13(16)12-10(14)3-2-4-11(12)15/h2-7,13H,16H2,1H3. The molecule has 0 bridgehead atoms. The predicted molar refractivity (Wildman–Crippen MR) is 63.2 cm³/mol. The Morgan fingerprint density at radius 3 is 2.50 bits per heavy atom.